The van der Waals surface area contributed by atoms with E-state index in [-0.39, 0.29) is 35.5 Å². The molecule has 0 aromatic carbocycles. The molecule has 0 saturated heterocycles. The summed E-state index contributed by atoms with van der Waals surface area (Å²) in [5, 5.41) is 11.5. The first-order chi connectivity index (χ1) is 11.6. The highest BCUT2D eigenvalue weighted by Crippen LogP contribution is 2.26. The summed E-state index contributed by atoms with van der Waals surface area (Å²) >= 11 is 1.77. The lowest BCUT2D eigenvalue weighted by Gasteiger charge is -2.25. The number of carbonyl (C=O) groups excluding carboxylic acids is 1. The van der Waals surface area contributed by atoms with E-state index in [4.69, 9.17) is 4.74 Å². The highest BCUT2D eigenvalue weighted by atomic mass is 127. The van der Waals surface area contributed by atoms with Crippen molar-refractivity contribution in [3.8, 4) is 0 Å². The molecule has 0 aliphatic rings. The Kier molecular flexibility index (Phi) is 11.2. The zero-order valence-electron chi connectivity index (χ0n) is 16.6. The van der Waals surface area contributed by atoms with Gasteiger partial charge in [0.15, 0.2) is 5.96 Å². The number of amides is 1. The maximum Gasteiger partial charge on any atom is 0.407 e. The molecule has 0 bridgehead atoms. The maximum absolute atomic E-state index is 11.5. The van der Waals surface area contributed by atoms with Gasteiger partial charge < -0.3 is 20.7 Å². The van der Waals surface area contributed by atoms with Gasteiger partial charge in [-0.25, -0.2) is 4.79 Å². The van der Waals surface area contributed by atoms with Gasteiger partial charge in [-0.2, -0.15) is 0 Å². The van der Waals surface area contributed by atoms with Gasteiger partial charge in [0.05, 0.1) is 0 Å². The Hall–Kier alpha value is -1.03. The molecule has 26 heavy (non-hydrogen) atoms. The maximum atomic E-state index is 11.5. The molecule has 1 rings (SSSR count). The smallest absolute Gasteiger partial charge is 0.407 e. The average molecular weight is 496 g/mol. The molecule has 1 aromatic heterocycles. The molecule has 1 heterocycles. The van der Waals surface area contributed by atoms with Crippen LogP contribution in [0.4, 0.5) is 4.79 Å². The molecule has 0 fully saturated rings. The molecule has 8 heteroatoms. The Morgan fingerprint density at radius 2 is 1.81 bits per heavy atom. The van der Waals surface area contributed by atoms with Gasteiger partial charge in [0.2, 0.25) is 0 Å². The molecule has 0 unspecified atom stereocenters. The Morgan fingerprint density at radius 3 is 2.35 bits per heavy atom. The molecule has 0 atom stereocenters. The summed E-state index contributed by atoms with van der Waals surface area (Å²) in [6.45, 7) is 12.0. The molecule has 0 radical (unpaired) electrons. The summed E-state index contributed by atoms with van der Waals surface area (Å²) in [7, 11) is 1.76. The fraction of sp³-hybridized carbons (Fsp3) is 0.667. The van der Waals surface area contributed by atoms with E-state index in [1.54, 1.807) is 18.4 Å². The van der Waals surface area contributed by atoms with Gasteiger partial charge in [-0.05, 0) is 38.6 Å². The Labute approximate surface area is 178 Å². The summed E-state index contributed by atoms with van der Waals surface area (Å²) in [5.74, 6) is 0.766. The number of hydrogen-bond donors (Lipinski definition) is 3. The Bertz CT molecular complexity index is 554. The molecule has 0 aliphatic heterocycles. The first-order valence-corrected chi connectivity index (χ1v) is 9.47. The molecular formula is C18H33IN4O2S. The lowest BCUT2D eigenvalue weighted by molar-refractivity contribution is 0.0527. The molecule has 0 aliphatic carbocycles. The minimum atomic E-state index is -0.469. The van der Waals surface area contributed by atoms with Crippen molar-refractivity contribution < 1.29 is 9.53 Å². The van der Waals surface area contributed by atoms with Gasteiger partial charge in [0, 0.05) is 37.0 Å². The van der Waals surface area contributed by atoms with Crippen LogP contribution in [-0.4, -0.2) is 44.3 Å². The third-order valence-electron chi connectivity index (χ3n) is 3.42. The highest BCUT2D eigenvalue weighted by molar-refractivity contribution is 14.0. The van der Waals surface area contributed by atoms with Crippen molar-refractivity contribution in [1.82, 2.24) is 16.0 Å². The van der Waals surface area contributed by atoms with Crippen LogP contribution in [0.3, 0.4) is 0 Å². The van der Waals surface area contributed by atoms with Crippen LogP contribution in [0.5, 0.6) is 0 Å². The largest absolute Gasteiger partial charge is 0.444 e. The third kappa shape index (κ3) is 10.2. The van der Waals surface area contributed by atoms with Crippen molar-refractivity contribution in [2.45, 2.75) is 52.1 Å². The normalized spacial score (nSPS) is 12.2. The zero-order valence-corrected chi connectivity index (χ0v) is 19.8. The van der Waals surface area contributed by atoms with Gasteiger partial charge in [-0.1, -0.05) is 19.9 Å². The van der Waals surface area contributed by atoms with E-state index in [9.17, 15) is 4.79 Å². The highest BCUT2D eigenvalue weighted by Gasteiger charge is 2.21. The lowest BCUT2D eigenvalue weighted by atomic mass is 9.91. The number of guanidine groups is 1. The number of rotatable bonds is 7. The van der Waals surface area contributed by atoms with E-state index in [0.717, 1.165) is 25.5 Å². The molecular weight excluding hydrogens is 463 g/mol. The number of ether oxygens (including phenoxy) is 1. The molecule has 150 valence electrons. The molecule has 0 saturated carbocycles. The van der Waals surface area contributed by atoms with Gasteiger partial charge >= 0.3 is 6.09 Å². The zero-order chi connectivity index (χ0) is 18.9. The van der Waals surface area contributed by atoms with Crippen LogP contribution in [0.2, 0.25) is 0 Å². The van der Waals surface area contributed by atoms with Crippen LogP contribution < -0.4 is 16.0 Å². The minimum Gasteiger partial charge on any atom is -0.444 e. The number of aliphatic imine (C=N–C) groups is 1. The Balaban J connectivity index is 0.00000625. The van der Waals surface area contributed by atoms with Crippen LogP contribution in [0.25, 0.3) is 0 Å². The van der Waals surface area contributed by atoms with Crippen LogP contribution in [0.15, 0.2) is 22.5 Å². The van der Waals surface area contributed by atoms with E-state index in [2.05, 4.69) is 52.3 Å². The number of carbonyl (C=O) groups is 1. The summed E-state index contributed by atoms with van der Waals surface area (Å²) in [6, 6.07) is 4.23. The van der Waals surface area contributed by atoms with Crippen LogP contribution in [-0.2, 0) is 10.2 Å². The first-order valence-electron chi connectivity index (χ1n) is 8.59. The lowest BCUT2D eigenvalue weighted by Crippen LogP contribution is -2.44. The molecule has 1 amide bonds. The van der Waals surface area contributed by atoms with Gasteiger partial charge in [-0.15, -0.1) is 35.3 Å². The number of halogens is 1. The summed E-state index contributed by atoms with van der Waals surface area (Å²) in [5.41, 5.74) is -0.423. The number of nitrogens with zero attached hydrogens (tertiary/aromatic N) is 1. The summed E-state index contributed by atoms with van der Waals surface area (Å²) in [6.07, 6.45) is 0.404. The second-order valence-electron chi connectivity index (χ2n) is 7.50. The van der Waals surface area contributed by atoms with Crippen molar-refractivity contribution in [3.05, 3.63) is 22.4 Å². The van der Waals surface area contributed by atoms with Gasteiger partial charge in [-0.3, -0.25) is 4.99 Å². The van der Waals surface area contributed by atoms with Crippen molar-refractivity contribution in [2.75, 3.05) is 26.7 Å². The number of alkyl carbamates (subject to hydrolysis) is 1. The van der Waals surface area contributed by atoms with Crippen LogP contribution in [0.1, 0.15) is 45.9 Å². The molecule has 0 spiro atoms. The topological polar surface area (TPSA) is 74.8 Å². The van der Waals surface area contributed by atoms with Crippen molar-refractivity contribution in [2.24, 2.45) is 4.99 Å². The van der Waals surface area contributed by atoms with Gasteiger partial charge in [0.1, 0.15) is 5.60 Å². The van der Waals surface area contributed by atoms with Crippen molar-refractivity contribution >= 4 is 47.4 Å². The SMILES string of the molecule is CN=C(NCCCNC(=O)OC(C)(C)C)NCC(C)(C)c1cccs1.I. The van der Waals surface area contributed by atoms with Crippen molar-refractivity contribution in [1.29, 1.82) is 0 Å². The second-order valence-corrected chi connectivity index (χ2v) is 8.44. The van der Waals surface area contributed by atoms with E-state index in [1.165, 1.54) is 4.88 Å². The predicted molar refractivity (Wildman–Crippen MR) is 121 cm³/mol. The van der Waals surface area contributed by atoms with Crippen LogP contribution >= 0.6 is 35.3 Å². The predicted octanol–water partition coefficient (Wildman–Crippen LogP) is 3.72. The number of nitrogens with one attached hydrogen (secondary N) is 3. The second kappa shape index (κ2) is 11.6. The van der Waals surface area contributed by atoms with Gasteiger partial charge in [0.25, 0.3) is 0 Å². The third-order valence-corrected chi connectivity index (χ3v) is 4.66. The molecule has 1 aromatic rings. The Morgan fingerprint density at radius 1 is 1.15 bits per heavy atom. The fourth-order valence-electron chi connectivity index (χ4n) is 2.08. The minimum absolute atomic E-state index is 0. The van der Waals surface area contributed by atoms with E-state index in [0.29, 0.717) is 6.54 Å². The average Bonchev–Trinajstić information content (AvgIpc) is 3.03. The summed E-state index contributed by atoms with van der Waals surface area (Å²) < 4.78 is 5.19. The number of thiophene rings is 1. The molecule has 3 N–H and O–H groups in total. The monoisotopic (exact) mass is 496 g/mol. The standard InChI is InChI=1S/C18H32N4O2S.HI/c1-17(2,3)24-16(23)21-11-8-10-20-15(19-6)22-13-18(4,5)14-9-7-12-25-14;/h7,9,12H,8,10-11,13H2,1-6H3,(H,21,23)(H2,19,20,22);1H. The van der Waals surface area contributed by atoms with E-state index in [1.807, 2.05) is 20.8 Å². The first kappa shape index (κ1) is 25.0. The number of hydrogen-bond acceptors (Lipinski definition) is 4. The van der Waals surface area contributed by atoms with E-state index >= 15 is 0 Å². The van der Waals surface area contributed by atoms with Crippen molar-refractivity contribution in [3.63, 3.8) is 0 Å². The quantitative estimate of drug-likeness (QED) is 0.233. The summed E-state index contributed by atoms with van der Waals surface area (Å²) in [4.78, 5) is 17.1. The fourth-order valence-corrected chi connectivity index (χ4v) is 2.93. The molecule has 6 nitrogen and oxygen atoms in total. The van der Waals surface area contributed by atoms with E-state index < -0.39 is 5.60 Å². The van der Waals surface area contributed by atoms with Crippen LogP contribution in [0, 0.1) is 0 Å².